The van der Waals surface area contributed by atoms with Gasteiger partial charge in [0.2, 0.25) is 5.43 Å². The van der Waals surface area contributed by atoms with Gasteiger partial charge in [0.1, 0.15) is 0 Å². The third-order valence-corrected chi connectivity index (χ3v) is 3.23. The second kappa shape index (κ2) is 8.53. The standard InChI is InChI=1S/C16H24N2O4/c1-4-6-17(7-5-2)10-14-16(22)15(21)8-13(11-19)18(14)9-12(3)20/h4-5,8,12,19-20,22H,1-2,6-7,9-11H2,3H3. The molecule has 0 aliphatic carbocycles. The van der Waals surface area contributed by atoms with Gasteiger partial charge in [0.15, 0.2) is 5.75 Å². The van der Waals surface area contributed by atoms with E-state index in [-0.39, 0.29) is 25.4 Å². The monoisotopic (exact) mass is 308 g/mol. The van der Waals surface area contributed by atoms with E-state index in [0.29, 0.717) is 24.5 Å². The molecule has 1 aromatic heterocycles. The van der Waals surface area contributed by atoms with E-state index in [1.165, 1.54) is 6.07 Å². The minimum atomic E-state index is -0.682. The maximum Gasteiger partial charge on any atom is 0.223 e. The second-order valence-electron chi connectivity index (χ2n) is 5.18. The lowest BCUT2D eigenvalue weighted by molar-refractivity contribution is 0.163. The fourth-order valence-electron chi connectivity index (χ4n) is 2.30. The number of hydrogen-bond acceptors (Lipinski definition) is 5. The molecule has 1 aromatic rings. The summed E-state index contributed by atoms with van der Waals surface area (Å²) < 4.78 is 1.58. The first kappa shape index (κ1) is 18.2. The van der Waals surface area contributed by atoms with Crippen LogP contribution in [0.2, 0.25) is 0 Å². The molecule has 6 nitrogen and oxygen atoms in total. The lowest BCUT2D eigenvalue weighted by atomic mass is 10.2. The van der Waals surface area contributed by atoms with Crippen LogP contribution in [0.5, 0.6) is 5.75 Å². The molecule has 3 N–H and O–H groups in total. The van der Waals surface area contributed by atoms with Crippen LogP contribution in [-0.2, 0) is 19.7 Å². The van der Waals surface area contributed by atoms with E-state index in [1.54, 1.807) is 23.6 Å². The van der Waals surface area contributed by atoms with Crippen LogP contribution < -0.4 is 5.43 Å². The Kier molecular flexibility index (Phi) is 7.04. The zero-order valence-corrected chi connectivity index (χ0v) is 12.9. The summed E-state index contributed by atoms with van der Waals surface area (Å²) in [6.45, 7) is 10.2. The quantitative estimate of drug-likeness (QED) is 0.582. The molecule has 1 atom stereocenters. The SMILES string of the molecule is C=CCN(CC=C)Cc1c(O)c(=O)cc(CO)n1CC(C)O. The number of aliphatic hydroxyl groups excluding tert-OH is 2. The highest BCUT2D eigenvalue weighted by molar-refractivity contribution is 5.30. The van der Waals surface area contributed by atoms with Gasteiger partial charge in [-0.25, -0.2) is 0 Å². The van der Waals surface area contributed by atoms with Gasteiger partial charge in [-0.15, -0.1) is 13.2 Å². The van der Waals surface area contributed by atoms with E-state index in [2.05, 4.69) is 13.2 Å². The molecule has 0 radical (unpaired) electrons. The molecule has 0 aliphatic heterocycles. The molecule has 0 aliphatic rings. The average Bonchev–Trinajstić information content (AvgIpc) is 2.46. The Bertz CT molecular complexity index is 568. The molecule has 0 saturated heterocycles. The van der Waals surface area contributed by atoms with E-state index in [0.717, 1.165) is 0 Å². The Balaban J connectivity index is 3.34. The van der Waals surface area contributed by atoms with Crippen molar-refractivity contribution in [2.24, 2.45) is 0 Å². The van der Waals surface area contributed by atoms with Gasteiger partial charge in [-0.05, 0) is 6.92 Å². The molecular weight excluding hydrogens is 284 g/mol. The summed E-state index contributed by atoms with van der Waals surface area (Å²) in [6, 6.07) is 1.19. The zero-order valence-electron chi connectivity index (χ0n) is 12.9. The van der Waals surface area contributed by atoms with Crippen LogP contribution in [0.3, 0.4) is 0 Å². The normalized spacial score (nSPS) is 12.4. The minimum Gasteiger partial charge on any atom is -0.503 e. The highest BCUT2D eigenvalue weighted by Gasteiger charge is 2.18. The number of nitrogens with zero attached hydrogens (tertiary/aromatic N) is 2. The van der Waals surface area contributed by atoms with Gasteiger partial charge >= 0.3 is 0 Å². The number of hydrogen-bond donors (Lipinski definition) is 3. The van der Waals surface area contributed by atoms with Crippen molar-refractivity contribution in [3.05, 3.63) is 53.0 Å². The van der Waals surface area contributed by atoms with Crippen molar-refractivity contribution in [2.75, 3.05) is 13.1 Å². The predicted octanol–water partition coefficient (Wildman–Crippen LogP) is 0.601. The fraction of sp³-hybridized carbons (Fsp3) is 0.438. The lowest BCUT2D eigenvalue weighted by Gasteiger charge is -2.25. The Morgan fingerprint density at radius 1 is 1.36 bits per heavy atom. The van der Waals surface area contributed by atoms with Gasteiger partial charge in [-0.1, -0.05) is 12.2 Å². The van der Waals surface area contributed by atoms with Crippen LogP contribution in [0.25, 0.3) is 0 Å². The first-order chi connectivity index (χ1) is 10.4. The predicted molar refractivity (Wildman–Crippen MR) is 85.6 cm³/mol. The van der Waals surface area contributed by atoms with Crippen molar-refractivity contribution in [3.63, 3.8) is 0 Å². The summed E-state index contributed by atoms with van der Waals surface area (Å²) in [7, 11) is 0. The highest BCUT2D eigenvalue weighted by atomic mass is 16.3. The van der Waals surface area contributed by atoms with Crippen molar-refractivity contribution in [1.82, 2.24) is 9.47 Å². The summed E-state index contributed by atoms with van der Waals surface area (Å²) >= 11 is 0. The molecule has 0 saturated carbocycles. The summed E-state index contributed by atoms with van der Waals surface area (Å²) in [4.78, 5) is 13.8. The summed E-state index contributed by atoms with van der Waals surface area (Å²) in [5.74, 6) is -0.365. The van der Waals surface area contributed by atoms with Crippen molar-refractivity contribution in [3.8, 4) is 5.75 Å². The molecule has 6 heteroatoms. The molecule has 0 spiro atoms. The number of pyridine rings is 1. The number of rotatable bonds is 9. The van der Waals surface area contributed by atoms with Crippen LogP contribution in [-0.4, -0.2) is 44.0 Å². The van der Waals surface area contributed by atoms with Gasteiger partial charge < -0.3 is 19.9 Å². The molecule has 0 aromatic carbocycles. The van der Waals surface area contributed by atoms with E-state index in [9.17, 15) is 20.1 Å². The van der Waals surface area contributed by atoms with Crippen LogP contribution in [0.1, 0.15) is 18.3 Å². The van der Waals surface area contributed by atoms with Gasteiger partial charge in [0.05, 0.1) is 18.4 Å². The summed E-state index contributed by atoms with van der Waals surface area (Å²) in [6.07, 6.45) is 2.75. The van der Waals surface area contributed by atoms with Gasteiger partial charge in [-0.3, -0.25) is 9.69 Å². The molecule has 122 valence electrons. The van der Waals surface area contributed by atoms with Crippen molar-refractivity contribution >= 4 is 0 Å². The molecule has 1 heterocycles. The summed E-state index contributed by atoms with van der Waals surface area (Å²) in [5, 5.41) is 29.2. The molecule has 0 amide bonds. The van der Waals surface area contributed by atoms with E-state index in [4.69, 9.17) is 0 Å². The topological polar surface area (TPSA) is 85.9 Å². The zero-order chi connectivity index (χ0) is 16.7. The number of aliphatic hydroxyl groups is 2. The third-order valence-electron chi connectivity index (χ3n) is 3.23. The van der Waals surface area contributed by atoms with Crippen LogP contribution in [0.15, 0.2) is 36.2 Å². The molecule has 22 heavy (non-hydrogen) atoms. The second-order valence-corrected chi connectivity index (χ2v) is 5.18. The molecule has 1 unspecified atom stereocenters. The lowest BCUT2D eigenvalue weighted by Crippen LogP contribution is -2.29. The maximum atomic E-state index is 11.9. The van der Waals surface area contributed by atoms with Gasteiger partial charge in [0, 0.05) is 37.9 Å². The largest absolute Gasteiger partial charge is 0.503 e. The third kappa shape index (κ3) is 4.56. The van der Waals surface area contributed by atoms with Crippen molar-refractivity contribution in [1.29, 1.82) is 0 Å². The summed E-state index contributed by atoms with van der Waals surface area (Å²) in [5.41, 5.74) is 0.176. The minimum absolute atomic E-state index is 0.176. The molecule has 1 rings (SSSR count). The van der Waals surface area contributed by atoms with Gasteiger partial charge in [-0.2, -0.15) is 0 Å². The van der Waals surface area contributed by atoms with Crippen LogP contribution >= 0.6 is 0 Å². The number of aromatic nitrogens is 1. The molecular formula is C16H24N2O4. The van der Waals surface area contributed by atoms with Crippen LogP contribution in [0.4, 0.5) is 0 Å². The Morgan fingerprint density at radius 2 is 1.95 bits per heavy atom. The Morgan fingerprint density at radius 3 is 2.41 bits per heavy atom. The number of aromatic hydroxyl groups is 1. The average molecular weight is 308 g/mol. The first-order valence-electron chi connectivity index (χ1n) is 7.12. The van der Waals surface area contributed by atoms with Crippen molar-refractivity contribution < 1.29 is 15.3 Å². The fourth-order valence-corrected chi connectivity index (χ4v) is 2.30. The van der Waals surface area contributed by atoms with E-state index in [1.807, 2.05) is 4.90 Å². The highest BCUT2D eigenvalue weighted by Crippen LogP contribution is 2.18. The maximum absolute atomic E-state index is 11.9. The van der Waals surface area contributed by atoms with Gasteiger partial charge in [0.25, 0.3) is 0 Å². The Labute approximate surface area is 130 Å². The first-order valence-corrected chi connectivity index (χ1v) is 7.12. The van der Waals surface area contributed by atoms with E-state index >= 15 is 0 Å². The van der Waals surface area contributed by atoms with E-state index < -0.39 is 11.5 Å². The molecule has 0 bridgehead atoms. The Hall–Kier alpha value is -1.89. The molecule has 0 fully saturated rings. The van der Waals surface area contributed by atoms with Crippen molar-refractivity contribution in [2.45, 2.75) is 32.7 Å². The smallest absolute Gasteiger partial charge is 0.223 e. The van der Waals surface area contributed by atoms with Crippen LogP contribution in [0, 0.1) is 0 Å².